The molecule has 166 valence electrons. The van der Waals surface area contributed by atoms with Crippen LogP contribution < -0.4 is 9.64 Å². The van der Waals surface area contributed by atoms with Gasteiger partial charge in [-0.3, -0.25) is 9.36 Å². The van der Waals surface area contributed by atoms with Gasteiger partial charge in [-0.25, -0.2) is 4.39 Å². The number of thioether (sulfide) groups is 1. The Morgan fingerprint density at radius 3 is 2.81 bits per heavy atom. The number of hydrogen-bond acceptors (Lipinski definition) is 5. The van der Waals surface area contributed by atoms with Crippen LogP contribution in [0.3, 0.4) is 0 Å². The molecule has 1 aliphatic heterocycles. The summed E-state index contributed by atoms with van der Waals surface area (Å²) >= 11 is 1.35. The fraction of sp³-hybridized carbons (Fsp3) is 0.292. The van der Waals surface area contributed by atoms with Crippen molar-refractivity contribution in [2.45, 2.75) is 49.9 Å². The molecule has 2 heterocycles. The van der Waals surface area contributed by atoms with Crippen LogP contribution in [0.15, 0.2) is 66.3 Å². The highest BCUT2D eigenvalue weighted by Gasteiger charge is 2.34. The van der Waals surface area contributed by atoms with Gasteiger partial charge in [0.25, 0.3) is 0 Å². The average molecular weight is 453 g/mol. The van der Waals surface area contributed by atoms with E-state index in [2.05, 4.69) is 29.8 Å². The Labute approximate surface area is 191 Å². The van der Waals surface area contributed by atoms with Gasteiger partial charge in [-0.05, 0) is 44.0 Å². The molecule has 0 radical (unpaired) electrons. The molecular weight excluding hydrogens is 427 g/mol. The SMILES string of the molecule is C=CCn1c(COc2ccccc2F)nnc1SC(C)C(=O)N1c2ccccc2CC1C. The second-order valence-electron chi connectivity index (χ2n) is 7.67. The van der Waals surface area contributed by atoms with Crippen molar-refractivity contribution in [3.8, 4) is 5.75 Å². The molecule has 0 saturated carbocycles. The standard InChI is InChI=1S/C24H25FN4O2S/c1-4-13-28-22(15-31-21-12-8-6-10-19(21)25)26-27-24(28)32-17(3)23(30)29-16(2)14-18-9-5-7-11-20(18)29/h4-12,16-17H,1,13-15H2,2-3H3. The molecule has 2 unspecified atom stereocenters. The number of ether oxygens (including phenoxy) is 1. The van der Waals surface area contributed by atoms with Crippen LogP contribution in [0.25, 0.3) is 0 Å². The van der Waals surface area contributed by atoms with Crippen LogP contribution in [0.5, 0.6) is 5.75 Å². The van der Waals surface area contributed by atoms with E-state index in [1.54, 1.807) is 24.3 Å². The average Bonchev–Trinajstić information content (AvgIpc) is 3.32. The molecule has 0 aliphatic carbocycles. The van der Waals surface area contributed by atoms with Crippen molar-refractivity contribution >= 4 is 23.4 Å². The van der Waals surface area contributed by atoms with E-state index in [0.29, 0.717) is 17.5 Å². The highest BCUT2D eigenvalue weighted by molar-refractivity contribution is 8.00. The zero-order chi connectivity index (χ0) is 22.7. The minimum atomic E-state index is -0.434. The van der Waals surface area contributed by atoms with Gasteiger partial charge >= 0.3 is 0 Å². The van der Waals surface area contributed by atoms with Crippen molar-refractivity contribution in [1.29, 1.82) is 0 Å². The molecule has 32 heavy (non-hydrogen) atoms. The summed E-state index contributed by atoms with van der Waals surface area (Å²) in [6, 6.07) is 14.3. The first kappa shape index (κ1) is 22.1. The molecule has 2 aromatic carbocycles. The fourth-order valence-corrected chi connectivity index (χ4v) is 4.76. The number of allylic oxidation sites excluding steroid dienone is 1. The Balaban J connectivity index is 1.49. The summed E-state index contributed by atoms with van der Waals surface area (Å²) < 4.78 is 21.3. The van der Waals surface area contributed by atoms with Crippen molar-refractivity contribution < 1.29 is 13.9 Å². The molecule has 0 bridgehead atoms. The number of amides is 1. The van der Waals surface area contributed by atoms with Gasteiger partial charge in [0.1, 0.15) is 6.61 Å². The zero-order valence-electron chi connectivity index (χ0n) is 18.1. The van der Waals surface area contributed by atoms with Gasteiger partial charge in [0.15, 0.2) is 22.5 Å². The largest absolute Gasteiger partial charge is 0.483 e. The van der Waals surface area contributed by atoms with E-state index in [0.717, 1.165) is 12.1 Å². The van der Waals surface area contributed by atoms with Crippen LogP contribution >= 0.6 is 11.8 Å². The molecule has 8 heteroatoms. The molecule has 3 aromatic rings. The van der Waals surface area contributed by atoms with Crippen molar-refractivity contribution in [1.82, 2.24) is 14.8 Å². The summed E-state index contributed by atoms with van der Waals surface area (Å²) in [5, 5.41) is 8.71. The molecule has 1 amide bonds. The molecule has 1 aliphatic rings. The normalized spacial score (nSPS) is 16.0. The highest BCUT2D eigenvalue weighted by atomic mass is 32.2. The number of carbonyl (C=O) groups excluding carboxylic acids is 1. The number of para-hydroxylation sites is 2. The third-order valence-corrected chi connectivity index (χ3v) is 6.44. The van der Waals surface area contributed by atoms with Gasteiger partial charge in [0.2, 0.25) is 5.91 Å². The van der Waals surface area contributed by atoms with Crippen LogP contribution in [0.1, 0.15) is 25.2 Å². The molecule has 4 rings (SSSR count). The molecule has 0 fully saturated rings. The van der Waals surface area contributed by atoms with Gasteiger partial charge in [-0.2, -0.15) is 0 Å². The van der Waals surface area contributed by atoms with Crippen molar-refractivity contribution in [2.24, 2.45) is 0 Å². The summed E-state index contributed by atoms with van der Waals surface area (Å²) in [4.78, 5) is 15.2. The second kappa shape index (κ2) is 9.56. The van der Waals surface area contributed by atoms with Gasteiger partial charge in [-0.1, -0.05) is 48.2 Å². The number of benzene rings is 2. The predicted octanol–water partition coefficient (Wildman–Crippen LogP) is 4.64. The Morgan fingerprint density at radius 1 is 1.28 bits per heavy atom. The van der Waals surface area contributed by atoms with Crippen LogP contribution in [0, 0.1) is 5.82 Å². The molecule has 0 saturated heterocycles. The topological polar surface area (TPSA) is 60.2 Å². The van der Waals surface area contributed by atoms with E-state index in [4.69, 9.17) is 4.74 Å². The fourth-order valence-electron chi connectivity index (χ4n) is 3.84. The number of nitrogens with zero attached hydrogens (tertiary/aromatic N) is 4. The lowest BCUT2D eigenvalue weighted by Gasteiger charge is -2.25. The number of carbonyl (C=O) groups is 1. The van der Waals surface area contributed by atoms with Crippen molar-refractivity contribution in [2.75, 3.05) is 4.90 Å². The summed E-state index contributed by atoms with van der Waals surface area (Å²) in [5.41, 5.74) is 2.16. The molecular formula is C24H25FN4O2S. The number of fused-ring (bicyclic) bond motifs is 1. The second-order valence-corrected chi connectivity index (χ2v) is 8.98. The molecule has 1 aromatic heterocycles. The maximum Gasteiger partial charge on any atom is 0.240 e. The third kappa shape index (κ3) is 4.41. The van der Waals surface area contributed by atoms with Gasteiger partial charge in [0.05, 0.1) is 5.25 Å². The first-order valence-electron chi connectivity index (χ1n) is 10.5. The monoisotopic (exact) mass is 452 g/mol. The van der Waals surface area contributed by atoms with E-state index in [9.17, 15) is 9.18 Å². The highest BCUT2D eigenvalue weighted by Crippen LogP contribution is 2.34. The van der Waals surface area contributed by atoms with E-state index >= 15 is 0 Å². The van der Waals surface area contributed by atoms with Crippen LogP contribution in [0.4, 0.5) is 10.1 Å². The van der Waals surface area contributed by atoms with E-state index in [-0.39, 0.29) is 29.6 Å². The minimum Gasteiger partial charge on any atom is -0.483 e. The van der Waals surface area contributed by atoms with E-state index in [1.165, 1.54) is 23.4 Å². The van der Waals surface area contributed by atoms with Gasteiger partial charge in [0, 0.05) is 18.3 Å². The van der Waals surface area contributed by atoms with E-state index < -0.39 is 5.82 Å². The summed E-state index contributed by atoms with van der Waals surface area (Å²) in [7, 11) is 0. The third-order valence-electron chi connectivity index (χ3n) is 5.37. The zero-order valence-corrected chi connectivity index (χ0v) is 18.9. The van der Waals surface area contributed by atoms with Crippen molar-refractivity contribution in [3.63, 3.8) is 0 Å². The Morgan fingerprint density at radius 2 is 2.03 bits per heavy atom. The van der Waals surface area contributed by atoms with Crippen LogP contribution in [-0.2, 0) is 24.4 Å². The first-order valence-corrected chi connectivity index (χ1v) is 11.4. The number of hydrogen-bond donors (Lipinski definition) is 0. The maximum absolute atomic E-state index is 13.9. The number of anilines is 1. The smallest absolute Gasteiger partial charge is 0.240 e. The lowest BCUT2D eigenvalue weighted by Crippen LogP contribution is -2.40. The summed E-state index contributed by atoms with van der Waals surface area (Å²) in [6.07, 6.45) is 2.58. The molecule has 0 spiro atoms. The summed E-state index contributed by atoms with van der Waals surface area (Å²) in [6.45, 7) is 8.25. The van der Waals surface area contributed by atoms with Gasteiger partial charge in [-0.15, -0.1) is 16.8 Å². The van der Waals surface area contributed by atoms with E-state index in [1.807, 2.05) is 34.6 Å². The van der Waals surface area contributed by atoms with Crippen molar-refractivity contribution in [3.05, 3.63) is 78.4 Å². The maximum atomic E-state index is 13.9. The molecule has 2 atom stereocenters. The summed E-state index contributed by atoms with van der Waals surface area (Å²) in [5.74, 6) is 0.288. The number of halogens is 1. The first-order chi connectivity index (χ1) is 15.5. The number of aromatic nitrogens is 3. The van der Waals surface area contributed by atoms with Gasteiger partial charge < -0.3 is 9.64 Å². The lowest BCUT2D eigenvalue weighted by atomic mass is 10.1. The van der Waals surface area contributed by atoms with Crippen LogP contribution in [0.2, 0.25) is 0 Å². The Bertz CT molecular complexity index is 1130. The number of rotatable bonds is 8. The molecule has 6 nitrogen and oxygen atoms in total. The lowest BCUT2D eigenvalue weighted by molar-refractivity contribution is -0.118. The van der Waals surface area contributed by atoms with Crippen LogP contribution in [-0.4, -0.2) is 32.0 Å². The Kier molecular flexibility index (Phi) is 6.60. The predicted molar refractivity (Wildman–Crippen MR) is 123 cm³/mol. The quantitative estimate of drug-likeness (QED) is 0.368. The Hall–Kier alpha value is -3.13. The minimum absolute atomic E-state index is 0.0322. The molecule has 0 N–H and O–H groups in total.